The SMILES string of the molecule is CC(=O)O[C@@]12CO[C@@H]1C[C@H](OC(=O)OCc1ccccc1)[C@@]1(C)C(=O)[C@H](OC(=O)Cc3ccccc3)C3=C(C)[C@@H](OC(=O)[C@H](OCc4ccccc4)[C@@H](NC(=O)OCc4ccccc4)c4ccccc4)C[C@@](O)([C@@H](OC(=O)c4ccccc4)[C@H]21)C3(C)C. The number of ketones is 1. The van der Waals surface area contributed by atoms with E-state index in [2.05, 4.69) is 5.32 Å². The molecule has 2 saturated carbocycles. The zero-order chi connectivity index (χ0) is 61.5. The number of nitrogens with one attached hydrogen (secondary N) is 1. The van der Waals surface area contributed by atoms with E-state index < -0.39 is 126 Å². The van der Waals surface area contributed by atoms with E-state index in [-0.39, 0.29) is 49.4 Å². The van der Waals surface area contributed by atoms with Gasteiger partial charge in [0.1, 0.15) is 43.2 Å². The van der Waals surface area contributed by atoms with Crippen molar-refractivity contribution in [2.75, 3.05) is 6.61 Å². The normalized spacial score (nSPS) is 25.8. The van der Waals surface area contributed by atoms with Gasteiger partial charge in [-0.15, -0.1) is 0 Å². The number of carbonyl (C=O) groups excluding carboxylic acids is 7. The number of ether oxygens (including phenoxy) is 9. The Balaban J connectivity index is 1.14. The molecule has 0 aromatic heterocycles. The molecule has 11 atom stereocenters. The molecular formula is C69H69NO17. The number of hydrogen-bond acceptors (Lipinski definition) is 17. The van der Waals surface area contributed by atoms with Crippen LogP contribution in [0.4, 0.5) is 9.59 Å². The Morgan fingerprint density at radius 1 is 0.655 bits per heavy atom. The second-order valence-electron chi connectivity index (χ2n) is 23.2. The number of alkyl carbamates (subject to hydrolysis) is 1. The maximum Gasteiger partial charge on any atom is 0.508 e. The summed E-state index contributed by atoms with van der Waals surface area (Å²) in [5, 5.41) is 17.4. The summed E-state index contributed by atoms with van der Waals surface area (Å²) >= 11 is 0. The zero-order valence-corrected chi connectivity index (χ0v) is 48.9. The first-order chi connectivity index (χ1) is 41.8. The minimum atomic E-state index is -2.53. The van der Waals surface area contributed by atoms with Crippen LogP contribution in [0.3, 0.4) is 0 Å². The molecule has 452 valence electrons. The van der Waals surface area contributed by atoms with E-state index in [1.165, 1.54) is 19.1 Å². The number of amides is 1. The molecule has 0 radical (unpaired) electrons. The van der Waals surface area contributed by atoms with Crippen molar-refractivity contribution < 1.29 is 81.3 Å². The average molecular weight is 1180 g/mol. The number of benzene rings is 6. The third-order valence-electron chi connectivity index (χ3n) is 17.5. The van der Waals surface area contributed by atoms with E-state index in [9.17, 15) is 24.3 Å². The molecule has 87 heavy (non-hydrogen) atoms. The van der Waals surface area contributed by atoms with Gasteiger partial charge in [-0.1, -0.05) is 184 Å². The minimum Gasteiger partial charge on any atom is -0.456 e. The lowest BCUT2D eigenvalue weighted by Gasteiger charge is -2.67. The number of esters is 4. The Kier molecular flexibility index (Phi) is 18.2. The summed E-state index contributed by atoms with van der Waals surface area (Å²) < 4.78 is 56.6. The second kappa shape index (κ2) is 25.9. The van der Waals surface area contributed by atoms with Gasteiger partial charge in [-0.2, -0.15) is 0 Å². The lowest BCUT2D eigenvalue weighted by atomic mass is 9.44. The van der Waals surface area contributed by atoms with Gasteiger partial charge in [0.15, 0.2) is 23.6 Å². The fourth-order valence-corrected chi connectivity index (χ4v) is 13.0. The highest BCUT2D eigenvalue weighted by Gasteiger charge is 2.79. The molecule has 0 spiro atoms. The highest BCUT2D eigenvalue weighted by molar-refractivity contribution is 5.96. The molecule has 6 aromatic rings. The smallest absolute Gasteiger partial charge is 0.456 e. The van der Waals surface area contributed by atoms with E-state index in [4.69, 9.17) is 42.6 Å². The van der Waals surface area contributed by atoms with Crippen LogP contribution in [-0.4, -0.2) is 101 Å². The second-order valence-corrected chi connectivity index (χ2v) is 23.2. The molecule has 6 aromatic carbocycles. The largest absolute Gasteiger partial charge is 0.508 e. The van der Waals surface area contributed by atoms with Gasteiger partial charge in [-0.05, 0) is 64.9 Å². The first-order valence-electron chi connectivity index (χ1n) is 28.9. The molecular weight excluding hydrogens is 1110 g/mol. The van der Waals surface area contributed by atoms with Crippen LogP contribution < -0.4 is 5.32 Å². The van der Waals surface area contributed by atoms with Gasteiger partial charge in [0.05, 0.1) is 42.6 Å². The monoisotopic (exact) mass is 1180 g/mol. The number of carbonyl (C=O) groups is 7. The van der Waals surface area contributed by atoms with Crippen LogP contribution in [0.5, 0.6) is 0 Å². The van der Waals surface area contributed by atoms with Gasteiger partial charge < -0.3 is 53.1 Å². The van der Waals surface area contributed by atoms with Gasteiger partial charge in [0, 0.05) is 25.2 Å². The maximum absolute atomic E-state index is 16.9. The third kappa shape index (κ3) is 12.7. The van der Waals surface area contributed by atoms with Crippen molar-refractivity contribution in [1.29, 1.82) is 0 Å². The number of rotatable bonds is 19. The van der Waals surface area contributed by atoms with Gasteiger partial charge in [0.2, 0.25) is 0 Å². The fraction of sp³-hybridized carbons (Fsp3) is 0.348. The summed E-state index contributed by atoms with van der Waals surface area (Å²) in [5.74, 6) is -6.35. The maximum atomic E-state index is 16.9. The molecule has 18 heteroatoms. The summed E-state index contributed by atoms with van der Waals surface area (Å²) in [4.78, 5) is 104. The van der Waals surface area contributed by atoms with Crippen molar-refractivity contribution in [2.45, 2.75) is 128 Å². The van der Waals surface area contributed by atoms with Crippen LogP contribution in [-0.2, 0) is 88.1 Å². The summed E-state index contributed by atoms with van der Waals surface area (Å²) in [6, 6.07) is 50.6. The van der Waals surface area contributed by atoms with Crippen molar-refractivity contribution in [3.8, 4) is 0 Å². The molecule has 18 nitrogen and oxygen atoms in total. The lowest BCUT2D eigenvalue weighted by molar-refractivity contribution is -0.346. The minimum absolute atomic E-state index is 0.0312. The number of aliphatic hydroxyl groups is 1. The van der Waals surface area contributed by atoms with Gasteiger partial charge in [0.25, 0.3) is 0 Å². The van der Waals surface area contributed by atoms with Crippen molar-refractivity contribution in [3.05, 3.63) is 227 Å². The van der Waals surface area contributed by atoms with Crippen LogP contribution in [0.15, 0.2) is 193 Å². The average Bonchev–Trinajstić information content (AvgIpc) is 0.677. The first kappa shape index (κ1) is 61.1. The summed E-state index contributed by atoms with van der Waals surface area (Å²) in [6.07, 6.45) is -13.2. The number of hydrogen-bond donors (Lipinski definition) is 2. The van der Waals surface area contributed by atoms with Crippen LogP contribution in [0.25, 0.3) is 0 Å². The Bertz CT molecular complexity index is 3480. The Hall–Kier alpha value is -8.97. The highest BCUT2D eigenvalue weighted by atomic mass is 16.7. The summed E-state index contributed by atoms with van der Waals surface area (Å²) in [5.41, 5.74) is -5.42. The Labute approximate surface area is 504 Å². The molecule has 3 aliphatic carbocycles. The van der Waals surface area contributed by atoms with Crippen molar-refractivity contribution in [1.82, 2.24) is 5.32 Å². The van der Waals surface area contributed by atoms with Crippen molar-refractivity contribution in [2.24, 2.45) is 16.7 Å². The fourth-order valence-electron chi connectivity index (χ4n) is 13.0. The van der Waals surface area contributed by atoms with E-state index in [0.717, 1.165) is 6.92 Å². The first-order valence-corrected chi connectivity index (χ1v) is 28.9. The van der Waals surface area contributed by atoms with Crippen LogP contribution in [0.1, 0.15) is 91.7 Å². The quantitative estimate of drug-likeness (QED) is 0.0436. The number of Topliss-reactive ketones (excluding diaryl/α,β-unsaturated/α-hetero) is 1. The summed E-state index contributed by atoms with van der Waals surface area (Å²) in [6.45, 7) is 6.46. The zero-order valence-electron chi connectivity index (χ0n) is 48.9. The lowest BCUT2D eigenvalue weighted by Crippen LogP contribution is -2.82. The van der Waals surface area contributed by atoms with Crippen LogP contribution in [0, 0.1) is 16.7 Å². The molecule has 2 bridgehead atoms. The molecule has 1 aliphatic heterocycles. The van der Waals surface area contributed by atoms with Gasteiger partial charge in [-0.3, -0.25) is 14.4 Å². The predicted octanol–water partition coefficient (Wildman–Crippen LogP) is 10.0. The topological polar surface area (TPSA) is 235 Å². The molecule has 1 saturated heterocycles. The van der Waals surface area contributed by atoms with Crippen LogP contribution >= 0.6 is 0 Å². The predicted molar refractivity (Wildman–Crippen MR) is 313 cm³/mol. The molecule has 10 rings (SSSR count). The van der Waals surface area contributed by atoms with Crippen LogP contribution in [0.2, 0.25) is 0 Å². The molecule has 2 N–H and O–H groups in total. The number of fused-ring (bicyclic) bond motifs is 5. The van der Waals surface area contributed by atoms with E-state index in [1.54, 1.807) is 178 Å². The summed E-state index contributed by atoms with van der Waals surface area (Å²) in [7, 11) is 0. The molecule has 4 aliphatic rings. The Morgan fingerprint density at radius 2 is 1.18 bits per heavy atom. The standard InChI is InChI=1S/C69H69NO17/c1-43-51(83-63(75)58(79-39-46-26-14-7-15-27-46)56(49-32-20-10-21-33-49)70-64(76)80-40-47-28-16-8-17-29-47)38-69(78)61(86-62(74)50-34-22-11-23-35-50)59-67(5,60(73)57(55(43)66(69,3)4)85-54(72)36-45-24-12-6-13-25-45)52(37-53-68(59,42-82-53)87-44(2)71)84-65(77)81-41-48-30-18-9-19-31-48/h6-35,51-53,56-59,61,78H,36-42H2,1-5H3,(H,70,76)/t51-,52-,53+,56-,57+,58+,59-,61-,67+,68-,69+/m0/s1. The molecule has 1 amide bonds. The third-order valence-corrected chi connectivity index (χ3v) is 17.5. The van der Waals surface area contributed by atoms with E-state index in [1.807, 2.05) is 12.1 Å². The van der Waals surface area contributed by atoms with Crippen molar-refractivity contribution >= 4 is 41.9 Å². The van der Waals surface area contributed by atoms with E-state index >= 15 is 14.4 Å². The molecule has 3 fully saturated rings. The van der Waals surface area contributed by atoms with Gasteiger partial charge >= 0.3 is 36.1 Å². The Morgan fingerprint density at radius 3 is 1.74 bits per heavy atom. The highest BCUT2D eigenvalue weighted by Crippen LogP contribution is 2.65. The molecule has 1 heterocycles. The molecule has 0 unspecified atom stereocenters. The van der Waals surface area contributed by atoms with Crippen molar-refractivity contribution in [3.63, 3.8) is 0 Å². The van der Waals surface area contributed by atoms with Gasteiger partial charge in [-0.25, -0.2) is 19.2 Å². The van der Waals surface area contributed by atoms with E-state index in [0.29, 0.717) is 27.8 Å².